The van der Waals surface area contributed by atoms with Crippen molar-refractivity contribution < 1.29 is 5.11 Å². The van der Waals surface area contributed by atoms with E-state index in [1.54, 1.807) is 0 Å². The zero-order chi connectivity index (χ0) is 9.52. The Kier molecular flexibility index (Phi) is 5.35. The molecule has 1 rings (SSSR count). The SMILES string of the molecule is NCC1CCCCN1CCCCO. The van der Waals surface area contributed by atoms with Gasteiger partial charge in [-0.25, -0.2) is 0 Å². The second-order valence-corrected chi connectivity index (χ2v) is 3.85. The lowest BCUT2D eigenvalue weighted by Crippen LogP contribution is -2.44. The van der Waals surface area contributed by atoms with Crippen LogP contribution >= 0.6 is 0 Å². The Morgan fingerprint density at radius 3 is 2.85 bits per heavy atom. The molecule has 1 unspecified atom stereocenters. The fourth-order valence-electron chi connectivity index (χ4n) is 2.05. The lowest BCUT2D eigenvalue weighted by Gasteiger charge is -2.34. The first-order chi connectivity index (χ1) is 6.38. The molecule has 0 spiro atoms. The Balaban J connectivity index is 2.19. The number of aliphatic hydroxyl groups is 1. The summed E-state index contributed by atoms with van der Waals surface area (Å²) < 4.78 is 0. The number of hydrogen-bond acceptors (Lipinski definition) is 3. The highest BCUT2D eigenvalue weighted by molar-refractivity contribution is 4.77. The Morgan fingerprint density at radius 1 is 1.31 bits per heavy atom. The molecule has 1 saturated heterocycles. The van der Waals surface area contributed by atoms with E-state index in [-0.39, 0.29) is 0 Å². The first kappa shape index (κ1) is 11.0. The van der Waals surface area contributed by atoms with Crippen molar-refractivity contribution in [3.05, 3.63) is 0 Å². The van der Waals surface area contributed by atoms with E-state index in [0.29, 0.717) is 12.6 Å². The molecule has 1 fully saturated rings. The van der Waals surface area contributed by atoms with Crippen LogP contribution < -0.4 is 5.73 Å². The lowest BCUT2D eigenvalue weighted by atomic mass is 10.0. The summed E-state index contributed by atoms with van der Waals surface area (Å²) in [4.78, 5) is 2.49. The Hall–Kier alpha value is -0.120. The van der Waals surface area contributed by atoms with E-state index >= 15 is 0 Å². The molecule has 0 radical (unpaired) electrons. The van der Waals surface area contributed by atoms with E-state index in [9.17, 15) is 0 Å². The monoisotopic (exact) mass is 186 g/mol. The summed E-state index contributed by atoms with van der Waals surface area (Å²) in [6, 6.07) is 0.604. The van der Waals surface area contributed by atoms with Crippen LogP contribution in [0.4, 0.5) is 0 Å². The third kappa shape index (κ3) is 3.63. The van der Waals surface area contributed by atoms with Crippen LogP contribution in [0.5, 0.6) is 0 Å². The minimum atomic E-state index is 0.321. The highest BCUT2D eigenvalue weighted by Gasteiger charge is 2.19. The van der Waals surface area contributed by atoms with Gasteiger partial charge in [-0.1, -0.05) is 6.42 Å². The summed E-state index contributed by atoms with van der Waals surface area (Å²) >= 11 is 0. The molecule has 78 valence electrons. The highest BCUT2D eigenvalue weighted by atomic mass is 16.2. The minimum absolute atomic E-state index is 0.321. The zero-order valence-corrected chi connectivity index (χ0v) is 8.41. The van der Waals surface area contributed by atoms with Crippen LogP contribution in [0.2, 0.25) is 0 Å². The molecule has 0 aliphatic carbocycles. The summed E-state index contributed by atoms with van der Waals surface area (Å²) in [5, 5.41) is 8.68. The van der Waals surface area contributed by atoms with Crippen LogP contribution in [0, 0.1) is 0 Å². The van der Waals surface area contributed by atoms with Crippen LogP contribution in [0.15, 0.2) is 0 Å². The zero-order valence-electron chi connectivity index (χ0n) is 8.41. The van der Waals surface area contributed by atoms with E-state index in [4.69, 9.17) is 10.8 Å². The van der Waals surface area contributed by atoms with Gasteiger partial charge in [-0.05, 0) is 38.8 Å². The molecule has 3 nitrogen and oxygen atoms in total. The van der Waals surface area contributed by atoms with Gasteiger partial charge in [-0.3, -0.25) is 4.90 Å². The maximum atomic E-state index is 8.68. The fourth-order valence-corrected chi connectivity index (χ4v) is 2.05. The summed E-state index contributed by atoms with van der Waals surface area (Å²) in [7, 11) is 0. The number of likely N-dealkylation sites (tertiary alicyclic amines) is 1. The van der Waals surface area contributed by atoms with Gasteiger partial charge in [-0.2, -0.15) is 0 Å². The molecule has 0 aromatic carbocycles. The molecule has 1 atom stereocenters. The number of unbranched alkanes of at least 4 members (excludes halogenated alkanes) is 1. The van der Waals surface area contributed by atoms with Gasteiger partial charge in [0.2, 0.25) is 0 Å². The second-order valence-electron chi connectivity index (χ2n) is 3.85. The molecule has 0 amide bonds. The topological polar surface area (TPSA) is 49.5 Å². The van der Waals surface area contributed by atoms with Gasteiger partial charge in [0.15, 0.2) is 0 Å². The average molecular weight is 186 g/mol. The maximum absolute atomic E-state index is 8.68. The van der Waals surface area contributed by atoms with Crippen LogP contribution in [0.3, 0.4) is 0 Å². The molecule has 13 heavy (non-hydrogen) atoms. The molecule has 0 bridgehead atoms. The van der Waals surface area contributed by atoms with Crippen molar-refractivity contribution in [1.82, 2.24) is 4.90 Å². The van der Waals surface area contributed by atoms with Gasteiger partial charge in [-0.15, -0.1) is 0 Å². The van der Waals surface area contributed by atoms with Crippen LogP contribution in [0.25, 0.3) is 0 Å². The van der Waals surface area contributed by atoms with Crippen molar-refractivity contribution in [2.24, 2.45) is 5.73 Å². The first-order valence-electron chi connectivity index (χ1n) is 5.43. The van der Waals surface area contributed by atoms with E-state index in [0.717, 1.165) is 25.9 Å². The summed E-state index contributed by atoms with van der Waals surface area (Å²) in [6.07, 6.45) is 5.93. The molecular formula is C10H22N2O. The quantitative estimate of drug-likeness (QED) is 0.617. The molecule has 0 saturated carbocycles. The van der Waals surface area contributed by atoms with Crippen molar-refractivity contribution in [3.8, 4) is 0 Å². The van der Waals surface area contributed by atoms with Crippen molar-refractivity contribution in [2.45, 2.75) is 38.1 Å². The third-order valence-corrected chi connectivity index (χ3v) is 2.87. The normalized spacial score (nSPS) is 24.9. The summed E-state index contributed by atoms with van der Waals surface area (Å²) in [5.41, 5.74) is 5.71. The van der Waals surface area contributed by atoms with Crippen molar-refractivity contribution in [1.29, 1.82) is 0 Å². The van der Waals surface area contributed by atoms with Gasteiger partial charge in [0.1, 0.15) is 0 Å². The van der Waals surface area contributed by atoms with Gasteiger partial charge in [0.05, 0.1) is 0 Å². The minimum Gasteiger partial charge on any atom is -0.396 e. The molecule has 3 heteroatoms. The second kappa shape index (κ2) is 6.35. The largest absolute Gasteiger partial charge is 0.396 e. The number of piperidine rings is 1. The molecule has 1 aliphatic rings. The highest BCUT2D eigenvalue weighted by Crippen LogP contribution is 2.16. The van der Waals surface area contributed by atoms with Crippen LogP contribution in [0.1, 0.15) is 32.1 Å². The predicted octanol–water partition coefficient (Wildman–Crippen LogP) is 0.572. The number of rotatable bonds is 5. The molecule has 0 aromatic rings. The molecule has 1 heterocycles. The Morgan fingerprint density at radius 2 is 2.15 bits per heavy atom. The average Bonchev–Trinajstić information content (AvgIpc) is 2.19. The van der Waals surface area contributed by atoms with E-state index < -0.39 is 0 Å². The Labute approximate surface area is 80.9 Å². The summed E-state index contributed by atoms with van der Waals surface area (Å²) in [5.74, 6) is 0. The molecular weight excluding hydrogens is 164 g/mol. The number of aliphatic hydroxyl groups excluding tert-OH is 1. The van der Waals surface area contributed by atoms with Gasteiger partial charge < -0.3 is 10.8 Å². The van der Waals surface area contributed by atoms with E-state index in [2.05, 4.69) is 4.90 Å². The van der Waals surface area contributed by atoms with E-state index in [1.165, 1.54) is 25.8 Å². The number of hydrogen-bond donors (Lipinski definition) is 2. The van der Waals surface area contributed by atoms with Crippen molar-refractivity contribution >= 4 is 0 Å². The molecule has 1 aliphatic heterocycles. The standard InChI is InChI=1S/C10H22N2O/c11-9-10-5-1-2-6-12(10)7-3-4-8-13/h10,13H,1-9,11H2. The fraction of sp³-hybridized carbons (Fsp3) is 1.00. The van der Waals surface area contributed by atoms with Crippen molar-refractivity contribution in [2.75, 3.05) is 26.2 Å². The van der Waals surface area contributed by atoms with Gasteiger partial charge in [0.25, 0.3) is 0 Å². The van der Waals surface area contributed by atoms with Crippen LogP contribution in [-0.4, -0.2) is 42.3 Å². The first-order valence-corrected chi connectivity index (χ1v) is 5.43. The smallest absolute Gasteiger partial charge is 0.0431 e. The number of nitrogens with two attached hydrogens (primary N) is 1. The number of nitrogens with zero attached hydrogens (tertiary/aromatic N) is 1. The molecule has 0 aromatic heterocycles. The Bertz CT molecular complexity index is 130. The summed E-state index contributed by atoms with van der Waals surface area (Å²) in [6.45, 7) is 3.43. The predicted molar refractivity (Wildman–Crippen MR) is 54.6 cm³/mol. The van der Waals surface area contributed by atoms with Gasteiger partial charge in [0, 0.05) is 19.2 Å². The lowest BCUT2D eigenvalue weighted by molar-refractivity contribution is 0.146. The maximum Gasteiger partial charge on any atom is 0.0431 e. The van der Waals surface area contributed by atoms with Crippen LogP contribution in [-0.2, 0) is 0 Å². The van der Waals surface area contributed by atoms with Gasteiger partial charge >= 0.3 is 0 Å². The van der Waals surface area contributed by atoms with Crippen molar-refractivity contribution in [3.63, 3.8) is 0 Å². The van der Waals surface area contributed by atoms with E-state index in [1.807, 2.05) is 0 Å². The third-order valence-electron chi connectivity index (χ3n) is 2.87. The molecule has 3 N–H and O–H groups in total.